The average Bonchev–Trinajstić information content (AvgIpc) is 2.90. The summed E-state index contributed by atoms with van der Waals surface area (Å²) in [5.41, 5.74) is 2.96. The fourth-order valence-corrected chi connectivity index (χ4v) is 5.21. The number of nitrogens with zero attached hydrogens (tertiary/aromatic N) is 2. The molecule has 2 amide bonds. The summed E-state index contributed by atoms with van der Waals surface area (Å²) in [7, 11) is -3.80. The SMILES string of the molecule is CCNC(=O)C(Cc1ccccc1)N(Cc1ccccc1Cl)C(=O)CN(c1ccc(CC)cc1)S(C)(=O)=O. The standard InChI is InChI=1S/C29H34ClN3O4S/c1-4-22-15-17-25(18-16-22)33(38(3,36)37)21-28(34)32(20-24-13-9-10-14-26(24)30)27(29(35)31-5-2)19-23-11-7-6-8-12-23/h6-18,27H,4-5,19-21H2,1-3H3,(H,31,35). The Kier molecular flexibility index (Phi) is 10.3. The van der Waals surface area contributed by atoms with Gasteiger partial charge in [-0.05, 0) is 48.2 Å². The van der Waals surface area contributed by atoms with Gasteiger partial charge in [0.05, 0.1) is 11.9 Å². The molecule has 0 aliphatic carbocycles. The quantitative estimate of drug-likeness (QED) is 0.358. The third kappa shape index (κ3) is 7.82. The molecule has 0 saturated carbocycles. The lowest BCUT2D eigenvalue weighted by molar-refractivity contribution is -0.140. The van der Waals surface area contributed by atoms with Crippen molar-refractivity contribution in [1.82, 2.24) is 10.2 Å². The van der Waals surface area contributed by atoms with Crippen molar-refractivity contribution in [2.75, 3.05) is 23.7 Å². The van der Waals surface area contributed by atoms with Gasteiger partial charge in [0.1, 0.15) is 12.6 Å². The van der Waals surface area contributed by atoms with Gasteiger partial charge >= 0.3 is 0 Å². The minimum Gasteiger partial charge on any atom is -0.355 e. The molecule has 0 saturated heterocycles. The number of sulfonamides is 1. The molecule has 0 radical (unpaired) electrons. The number of carbonyl (C=O) groups is 2. The van der Waals surface area contributed by atoms with E-state index < -0.39 is 28.5 Å². The van der Waals surface area contributed by atoms with Gasteiger partial charge in [-0.15, -0.1) is 0 Å². The fraction of sp³-hybridized carbons (Fsp3) is 0.310. The first-order valence-electron chi connectivity index (χ1n) is 12.5. The number of rotatable bonds is 12. The highest BCUT2D eigenvalue weighted by Crippen LogP contribution is 2.23. The van der Waals surface area contributed by atoms with Crippen molar-refractivity contribution in [3.05, 3.63) is 101 Å². The van der Waals surface area contributed by atoms with Gasteiger partial charge in [-0.25, -0.2) is 8.42 Å². The molecule has 3 aromatic carbocycles. The third-order valence-electron chi connectivity index (χ3n) is 6.23. The van der Waals surface area contributed by atoms with Crippen LogP contribution in [0.2, 0.25) is 5.02 Å². The van der Waals surface area contributed by atoms with Gasteiger partial charge in [0.25, 0.3) is 0 Å². The second kappa shape index (κ2) is 13.4. The predicted molar refractivity (Wildman–Crippen MR) is 153 cm³/mol. The smallest absolute Gasteiger partial charge is 0.244 e. The first kappa shape index (κ1) is 29.2. The molecule has 0 aliphatic rings. The Morgan fingerprint density at radius 1 is 0.895 bits per heavy atom. The van der Waals surface area contributed by atoms with E-state index in [-0.39, 0.29) is 18.9 Å². The van der Waals surface area contributed by atoms with Crippen LogP contribution in [0.4, 0.5) is 5.69 Å². The summed E-state index contributed by atoms with van der Waals surface area (Å²) in [5, 5.41) is 3.29. The maximum absolute atomic E-state index is 13.9. The van der Waals surface area contributed by atoms with E-state index in [0.29, 0.717) is 22.8 Å². The average molecular weight is 556 g/mol. The van der Waals surface area contributed by atoms with Gasteiger partial charge in [0.15, 0.2) is 0 Å². The Hall–Kier alpha value is -3.36. The van der Waals surface area contributed by atoms with E-state index in [9.17, 15) is 18.0 Å². The monoisotopic (exact) mass is 555 g/mol. The summed E-state index contributed by atoms with van der Waals surface area (Å²) in [5.74, 6) is -0.836. The molecule has 7 nitrogen and oxygen atoms in total. The lowest BCUT2D eigenvalue weighted by Crippen LogP contribution is -2.53. The molecule has 1 atom stereocenters. The molecule has 3 aromatic rings. The summed E-state index contributed by atoms with van der Waals surface area (Å²) < 4.78 is 26.7. The minimum absolute atomic E-state index is 0.0412. The van der Waals surface area contributed by atoms with Crippen LogP contribution in [-0.4, -0.2) is 50.5 Å². The minimum atomic E-state index is -3.80. The van der Waals surface area contributed by atoms with Crippen molar-refractivity contribution in [1.29, 1.82) is 0 Å². The number of hydrogen-bond donors (Lipinski definition) is 1. The highest BCUT2D eigenvalue weighted by atomic mass is 35.5. The Labute approximate surface area is 230 Å². The summed E-state index contributed by atoms with van der Waals surface area (Å²) in [6.07, 6.45) is 2.13. The van der Waals surface area contributed by atoms with E-state index in [1.165, 1.54) is 4.90 Å². The summed E-state index contributed by atoms with van der Waals surface area (Å²) in [6.45, 7) is 3.78. The number of aryl methyl sites for hydroxylation is 1. The second-order valence-corrected chi connectivity index (χ2v) is 11.3. The highest BCUT2D eigenvalue weighted by molar-refractivity contribution is 7.92. The first-order chi connectivity index (χ1) is 18.1. The lowest BCUT2D eigenvalue weighted by Gasteiger charge is -2.33. The third-order valence-corrected chi connectivity index (χ3v) is 7.74. The Balaban J connectivity index is 2.03. The van der Waals surface area contributed by atoms with Gasteiger partial charge < -0.3 is 10.2 Å². The summed E-state index contributed by atoms with van der Waals surface area (Å²) in [6, 6.07) is 22.7. The largest absolute Gasteiger partial charge is 0.355 e. The Morgan fingerprint density at radius 2 is 1.53 bits per heavy atom. The predicted octanol–water partition coefficient (Wildman–Crippen LogP) is 4.44. The summed E-state index contributed by atoms with van der Waals surface area (Å²) in [4.78, 5) is 28.7. The van der Waals surface area contributed by atoms with E-state index in [0.717, 1.165) is 28.1 Å². The van der Waals surface area contributed by atoms with Crippen LogP contribution >= 0.6 is 11.6 Å². The molecular weight excluding hydrogens is 522 g/mol. The van der Waals surface area contributed by atoms with Crippen LogP contribution in [0.1, 0.15) is 30.5 Å². The molecule has 1 unspecified atom stereocenters. The van der Waals surface area contributed by atoms with E-state index in [1.54, 1.807) is 36.4 Å². The number of hydrogen-bond acceptors (Lipinski definition) is 4. The summed E-state index contributed by atoms with van der Waals surface area (Å²) >= 11 is 6.44. The highest BCUT2D eigenvalue weighted by Gasteiger charge is 2.33. The van der Waals surface area contributed by atoms with Gasteiger partial charge in [-0.2, -0.15) is 0 Å². The molecule has 0 aromatic heterocycles. The number of amides is 2. The van der Waals surface area contributed by atoms with Crippen LogP contribution in [0.5, 0.6) is 0 Å². The van der Waals surface area contributed by atoms with E-state index >= 15 is 0 Å². The number of benzene rings is 3. The van der Waals surface area contributed by atoms with E-state index in [2.05, 4.69) is 5.32 Å². The zero-order valence-electron chi connectivity index (χ0n) is 21.9. The number of halogens is 1. The van der Waals surface area contributed by atoms with Gasteiger partial charge in [-0.3, -0.25) is 13.9 Å². The Bertz CT molecular complexity index is 1330. The molecule has 202 valence electrons. The zero-order valence-corrected chi connectivity index (χ0v) is 23.5. The molecule has 1 N–H and O–H groups in total. The Morgan fingerprint density at radius 3 is 2.11 bits per heavy atom. The van der Waals surface area contributed by atoms with Crippen LogP contribution in [-0.2, 0) is 39.0 Å². The van der Waals surface area contributed by atoms with Gasteiger partial charge in [0, 0.05) is 24.5 Å². The molecule has 38 heavy (non-hydrogen) atoms. The van der Waals surface area contributed by atoms with Crippen molar-refractivity contribution < 1.29 is 18.0 Å². The van der Waals surface area contributed by atoms with Crippen molar-refractivity contribution in [3.8, 4) is 0 Å². The number of nitrogens with one attached hydrogen (secondary N) is 1. The normalized spacial score (nSPS) is 12.0. The van der Waals surface area contributed by atoms with Crippen LogP contribution in [0.15, 0.2) is 78.9 Å². The van der Waals surface area contributed by atoms with Gasteiger partial charge in [0.2, 0.25) is 21.8 Å². The molecule has 0 heterocycles. The van der Waals surface area contributed by atoms with Crippen LogP contribution in [0.3, 0.4) is 0 Å². The van der Waals surface area contributed by atoms with Crippen molar-refractivity contribution in [3.63, 3.8) is 0 Å². The van der Waals surface area contributed by atoms with Crippen LogP contribution in [0.25, 0.3) is 0 Å². The number of carbonyl (C=O) groups excluding carboxylic acids is 2. The molecule has 0 aliphatic heterocycles. The first-order valence-corrected chi connectivity index (χ1v) is 14.8. The number of likely N-dealkylation sites (N-methyl/N-ethyl adjacent to an activating group) is 1. The number of anilines is 1. The molecule has 3 rings (SSSR count). The molecular formula is C29H34ClN3O4S. The van der Waals surface area contributed by atoms with Crippen LogP contribution in [0, 0.1) is 0 Å². The van der Waals surface area contributed by atoms with Gasteiger partial charge in [-0.1, -0.05) is 79.2 Å². The maximum atomic E-state index is 13.9. The van der Waals surface area contributed by atoms with Crippen molar-refractivity contribution >= 4 is 39.1 Å². The zero-order chi connectivity index (χ0) is 27.7. The second-order valence-electron chi connectivity index (χ2n) is 9.00. The molecule has 0 spiro atoms. The molecule has 0 bridgehead atoms. The topological polar surface area (TPSA) is 86.8 Å². The van der Waals surface area contributed by atoms with Crippen LogP contribution < -0.4 is 9.62 Å². The van der Waals surface area contributed by atoms with E-state index in [4.69, 9.17) is 11.6 Å². The maximum Gasteiger partial charge on any atom is 0.244 e. The van der Waals surface area contributed by atoms with Crippen molar-refractivity contribution in [2.45, 2.75) is 39.3 Å². The molecule has 9 heteroatoms. The molecule has 0 fully saturated rings. The van der Waals surface area contributed by atoms with E-state index in [1.807, 2.05) is 56.3 Å². The van der Waals surface area contributed by atoms with Crippen molar-refractivity contribution in [2.24, 2.45) is 0 Å². The fourth-order valence-electron chi connectivity index (χ4n) is 4.17. The lowest BCUT2D eigenvalue weighted by atomic mass is 10.0.